The molecule has 1 aliphatic heterocycles. The first kappa shape index (κ1) is 16.3. The predicted octanol–water partition coefficient (Wildman–Crippen LogP) is 2.51. The Balaban J connectivity index is 0.00000180. The van der Waals surface area contributed by atoms with E-state index in [9.17, 15) is 4.79 Å². The maximum absolute atomic E-state index is 12.1. The number of carbonyl (C=O) groups excluding carboxylic acids is 1. The second-order valence-corrected chi connectivity index (χ2v) is 5.14. The average Bonchev–Trinajstić information content (AvgIpc) is 2.38. The summed E-state index contributed by atoms with van der Waals surface area (Å²) in [6.45, 7) is 4.67. The Labute approximate surface area is 125 Å². The zero-order chi connectivity index (χ0) is 13.0. The minimum absolute atomic E-state index is 0. The zero-order valence-corrected chi connectivity index (χ0v) is 12.6. The summed E-state index contributed by atoms with van der Waals surface area (Å²) in [4.78, 5) is 14.1. The van der Waals surface area contributed by atoms with E-state index in [1.807, 2.05) is 29.2 Å². The number of rotatable bonds is 3. The molecular weight excluding hydrogens is 283 g/mol. The molecule has 1 atom stereocenters. The Hall–Kier alpha value is -0.770. The molecule has 1 heterocycles. The molecule has 2 rings (SSSR count). The molecule has 0 aromatic heterocycles. The number of amides is 1. The molecule has 0 saturated carbocycles. The van der Waals surface area contributed by atoms with Crippen molar-refractivity contribution in [3.05, 3.63) is 34.9 Å². The molecule has 0 unspecified atom stereocenters. The SMILES string of the molecule is C[C@@H]1CNCCN1C(=O)CCc1ccccc1Cl.Cl. The van der Waals surface area contributed by atoms with E-state index in [1.165, 1.54) is 0 Å². The molecule has 1 aromatic rings. The van der Waals surface area contributed by atoms with Crippen LogP contribution in [-0.4, -0.2) is 36.5 Å². The van der Waals surface area contributed by atoms with Gasteiger partial charge in [0, 0.05) is 37.1 Å². The van der Waals surface area contributed by atoms with E-state index in [1.54, 1.807) is 0 Å². The van der Waals surface area contributed by atoms with Gasteiger partial charge in [0.05, 0.1) is 0 Å². The molecule has 1 N–H and O–H groups in total. The third-order valence-electron chi connectivity index (χ3n) is 3.39. The number of nitrogens with zero attached hydrogens (tertiary/aromatic N) is 1. The van der Waals surface area contributed by atoms with Crippen molar-refractivity contribution in [2.24, 2.45) is 0 Å². The maximum atomic E-state index is 12.1. The molecule has 5 heteroatoms. The van der Waals surface area contributed by atoms with Crippen molar-refractivity contribution in [2.75, 3.05) is 19.6 Å². The molecular formula is C14H20Cl2N2O. The Morgan fingerprint density at radius 3 is 2.89 bits per heavy atom. The van der Waals surface area contributed by atoms with Crippen molar-refractivity contribution >= 4 is 29.9 Å². The van der Waals surface area contributed by atoms with E-state index in [4.69, 9.17) is 11.6 Å². The van der Waals surface area contributed by atoms with Crippen molar-refractivity contribution in [3.63, 3.8) is 0 Å². The van der Waals surface area contributed by atoms with Gasteiger partial charge in [-0.3, -0.25) is 4.79 Å². The molecule has 1 saturated heterocycles. The van der Waals surface area contributed by atoms with Gasteiger partial charge in [0.25, 0.3) is 0 Å². The first-order valence-corrected chi connectivity index (χ1v) is 6.80. The van der Waals surface area contributed by atoms with Gasteiger partial charge in [-0.05, 0) is 25.0 Å². The fraction of sp³-hybridized carbons (Fsp3) is 0.500. The van der Waals surface area contributed by atoms with Gasteiger partial charge in [0.1, 0.15) is 0 Å². The van der Waals surface area contributed by atoms with E-state index in [-0.39, 0.29) is 24.4 Å². The Morgan fingerprint density at radius 2 is 2.21 bits per heavy atom. The number of benzene rings is 1. The van der Waals surface area contributed by atoms with Gasteiger partial charge in [0.2, 0.25) is 5.91 Å². The van der Waals surface area contributed by atoms with Crippen LogP contribution in [0, 0.1) is 0 Å². The van der Waals surface area contributed by atoms with E-state index >= 15 is 0 Å². The molecule has 1 fully saturated rings. The van der Waals surface area contributed by atoms with Gasteiger partial charge in [-0.15, -0.1) is 12.4 Å². The monoisotopic (exact) mass is 302 g/mol. The van der Waals surface area contributed by atoms with E-state index in [2.05, 4.69) is 12.2 Å². The predicted molar refractivity (Wildman–Crippen MR) is 81.1 cm³/mol. The van der Waals surface area contributed by atoms with E-state index < -0.39 is 0 Å². The first-order valence-electron chi connectivity index (χ1n) is 6.42. The summed E-state index contributed by atoms with van der Waals surface area (Å²) in [5.74, 6) is 0.226. The smallest absolute Gasteiger partial charge is 0.223 e. The normalized spacial score (nSPS) is 18.8. The number of nitrogens with one attached hydrogen (secondary N) is 1. The summed E-state index contributed by atoms with van der Waals surface area (Å²) in [5, 5.41) is 4.04. The lowest BCUT2D eigenvalue weighted by molar-refractivity contribution is -0.133. The molecule has 0 bridgehead atoms. The lowest BCUT2D eigenvalue weighted by Gasteiger charge is -2.34. The largest absolute Gasteiger partial charge is 0.337 e. The summed E-state index contributed by atoms with van der Waals surface area (Å²) in [6, 6.07) is 8.01. The number of carbonyl (C=O) groups is 1. The van der Waals surface area contributed by atoms with Crippen LogP contribution in [0.4, 0.5) is 0 Å². The third kappa shape index (κ3) is 4.37. The summed E-state index contributed by atoms with van der Waals surface area (Å²) in [7, 11) is 0. The highest BCUT2D eigenvalue weighted by molar-refractivity contribution is 6.31. The van der Waals surface area contributed by atoms with Crippen LogP contribution in [0.25, 0.3) is 0 Å². The summed E-state index contributed by atoms with van der Waals surface area (Å²) >= 11 is 6.09. The van der Waals surface area contributed by atoms with Crippen molar-refractivity contribution in [2.45, 2.75) is 25.8 Å². The molecule has 1 aliphatic rings. The van der Waals surface area contributed by atoms with Crippen LogP contribution in [0.3, 0.4) is 0 Å². The lowest BCUT2D eigenvalue weighted by Crippen LogP contribution is -2.52. The molecule has 106 valence electrons. The third-order valence-corrected chi connectivity index (χ3v) is 3.76. The highest BCUT2D eigenvalue weighted by Gasteiger charge is 2.22. The number of hydrogen-bond donors (Lipinski definition) is 1. The van der Waals surface area contributed by atoms with Crippen LogP contribution in [0.2, 0.25) is 5.02 Å². The molecule has 1 amide bonds. The van der Waals surface area contributed by atoms with Crippen molar-refractivity contribution < 1.29 is 4.79 Å². The van der Waals surface area contributed by atoms with Crippen LogP contribution in [-0.2, 0) is 11.2 Å². The average molecular weight is 303 g/mol. The van der Waals surface area contributed by atoms with Gasteiger partial charge in [-0.1, -0.05) is 29.8 Å². The number of hydrogen-bond acceptors (Lipinski definition) is 2. The zero-order valence-electron chi connectivity index (χ0n) is 11.1. The van der Waals surface area contributed by atoms with Crippen molar-refractivity contribution in [1.29, 1.82) is 0 Å². The molecule has 0 radical (unpaired) electrons. The second-order valence-electron chi connectivity index (χ2n) is 4.73. The molecule has 0 aliphatic carbocycles. The molecule has 3 nitrogen and oxygen atoms in total. The lowest BCUT2D eigenvalue weighted by atomic mass is 10.1. The van der Waals surface area contributed by atoms with Crippen LogP contribution in [0.1, 0.15) is 18.9 Å². The highest BCUT2D eigenvalue weighted by atomic mass is 35.5. The van der Waals surface area contributed by atoms with Gasteiger partial charge in [-0.2, -0.15) is 0 Å². The first-order chi connectivity index (χ1) is 8.68. The summed E-state index contributed by atoms with van der Waals surface area (Å²) < 4.78 is 0. The molecule has 1 aromatic carbocycles. The summed E-state index contributed by atoms with van der Waals surface area (Å²) in [5.41, 5.74) is 1.05. The van der Waals surface area contributed by atoms with Gasteiger partial charge in [-0.25, -0.2) is 0 Å². The fourth-order valence-electron chi connectivity index (χ4n) is 2.30. The topological polar surface area (TPSA) is 32.3 Å². The quantitative estimate of drug-likeness (QED) is 0.930. The molecule has 19 heavy (non-hydrogen) atoms. The van der Waals surface area contributed by atoms with E-state index in [0.717, 1.165) is 36.6 Å². The number of aryl methyl sites for hydroxylation is 1. The van der Waals surface area contributed by atoms with Crippen LogP contribution in [0.15, 0.2) is 24.3 Å². The Morgan fingerprint density at radius 1 is 1.47 bits per heavy atom. The standard InChI is InChI=1S/C14H19ClN2O.ClH/c1-11-10-16-8-9-17(11)14(18)7-6-12-4-2-3-5-13(12)15;/h2-5,11,16H,6-10H2,1H3;1H/t11-;/m1./s1. The minimum atomic E-state index is 0. The minimum Gasteiger partial charge on any atom is -0.337 e. The van der Waals surface area contributed by atoms with Gasteiger partial charge < -0.3 is 10.2 Å². The van der Waals surface area contributed by atoms with Gasteiger partial charge in [0.15, 0.2) is 0 Å². The number of halogens is 2. The van der Waals surface area contributed by atoms with Crippen molar-refractivity contribution in [3.8, 4) is 0 Å². The van der Waals surface area contributed by atoms with E-state index in [0.29, 0.717) is 6.42 Å². The highest BCUT2D eigenvalue weighted by Crippen LogP contribution is 2.17. The number of piperazine rings is 1. The summed E-state index contributed by atoms with van der Waals surface area (Å²) in [6.07, 6.45) is 1.25. The van der Waals surface area contributed by atoms with Crippen molar-refractivity contribution in [1.82, 2.24) is 10.2 Å². The Kier molecular flexibility index (Phi) is 6.63. The van der Waals surface area contributed by atoms with Gasteiger partial charge >= 0.3 is 0 Å². The fourth-order valence-corrected chi connectivity index (χ4v) is 2.53. The van der Waals surface area contributed by atoms with Crippen LogP contribution in [0.5, 0.6) is 0 Å². The Bertz CT molecular complexity index is 426. The van der Waals surface area contributed by atoms with Crippen LogP contribution >= 0.6 is 24.0 Å². The molecule has 0 spiro atoms. The van der Waals surface area contributed by atoms with Crippen LogP contribution < -0.4 is 5.32 Å². The second kappa shape index (κ2) is 7.73. The maximum Gasteiger partial charge on any atom is 0.223 e.